The van der Waals surface area contributed by atoms with Gasteiger partial charge in [0.2, 0.25) is 10.0 Å². The molecule has 3 nitrogen and oxygen atoms in total. The normalized spacial score (nSPS) is 10.6. The van der Waals surface area contributed by atoms with Gasteiger partial charge in [0.1, 0.15) is 0 Å². The van der Waals surface area contributed by atoms with E-state index in [-0.39, 0.29) is 56.3 Å². The number of primary sulfonamides is 1. The predicted molar refractivity (Wildman–Crippen MR) is 56.7 cm³/mol. The fourth-order valence-electron chi connectivity index (χ4n) is 0.854. The molecule has 0 radical (unpaired) electrons. The molecule has 1 aromatic carbocycles. The van der Waals surface area contributed by atoms with Crippen molar-refractivity contribution in [2.75, 3.05) is 6.26 Å². The molecule has 0 aliphatic rings. The third-order valence-corrected chi connectivity index (χ3v) is 3.27. The van der Waals surface area contributed by atoms with Crippen molar-refractivity contribution in [3.63, 3.8) is 0 Å². The molecule has 0 spiro atoms. The standard InChI is InChI=1S/C7H9NO2S2.K.H/c1-11-6-4-2-3-5-7(6)12(8,9)10;;/h2-5H,1H3,(H2,8,9,10);;. The summed E-state index contributed by atoms with van der Waals surface area (Å²) < 4.78 is 22.0. The average molecular weight is 243 g/mol. The number of hydrogen-bond acceptors (Lipinski definition) is 3. The molecule has 1 rings (SSSR count). The Morgan fingerprint density at radius 1 is 1.31 bits per heavy atom. The number of thioether (sulfide) groups is 1. The monoisotopic (exact) mass is 243 g/mol. The van der Waals surface area contributed by atoms with Gasteiger partial charge in [0.25, 0.3) is 0 Å². The molecule has 13 heavy (non-hydrogen) atoms. The molecule has 68 valence electrons. The second-order valence-corrected chi connectivity index (χ2v) is 4.57. The first-order valence-corrected chi connectivity index (χ1v) is 5.98. The van der Waals surface area contributed by atoms with Crippen LogP contribution >= 0.6 is 11.8 Å². The first-order chi connectivity index (χ1) is 5.55. The van der Waals surface area contributed by atoms with Crippen LogP contribution in [-0.4, -0.2) is 66.1 Å². The Kier molecular flexibility index (Phi) is 6.37. The Morgan fingerprint density at radius 3 is 2.23 bits per heavy atom. The molecule has 6 heteroatoms. The van der Waals surface area contributed by atoms with Crippen LogP contribution in [-0.2, 0) is 10.0 Å². The van der Waals surface area contributed by atoms with Crippen molar-refractivity contribution >= 4 is 73.2 Å². The van der Waals surface area contributed by atoms with Crippen LogP contribution in [0, 0.1) is 0 Å². The summed E-state index contributed by atoms with van der Waals surface area (Å²) in [6.45, 7) is 0. The van der Waals surface area contributed by atoms with Crippen LogP contribution in [0.15, 0.2) is 34.1 Å². The zero-order valence-corrected chi connectivity index (χ0v) is 8.15. The molecular formula is C7H10KNO2S2. The second-order valence-electron chi connectivity index (χ2n) is 2.20. The van der Waals surface area contributed by atoms with E-state index in [9.17, 15) is 8.42 Å². The fraction of sp³-hybridized carbons (Fsp3) is 0.143. The molecule has 0 saturated carbocycles. The summed E-state index contributed by atoms with van der Waals surface area (Å²) in [6.07, 6.45) is 1.81. The average Bonchev–Trinajstić information content (AvgIpc) is 2.03. The van der Waals surface area contributed by atoms with Gasteiger partial charge in [-0.05, 0) is 18.4 Å². The van der Waals surface area contributed by atoms with Crippen molar-refractivity contribution in [3.8, 4) is 0 Å². The number of sulfonamides is 1. The molecule has 1 aromatic rings. The van der Waals surface area contributed by atoms with E-state index in [0.717, 1.165) is 0 Å². The summed E-state index contributed by atoms with van der Waals surface area (Å²) in [5.74, 6) is 0. The molecule has 0 aliphatic carbocycles. The van der Waals surface area contributed by atoms with E-state index >= 15 is 0 Å². The number of rotatable bonds is 2. The SMILES string of the molecule is CSc1ccccc1S(N)(=O)=O.[KH]. The van der Waals surface area contributed by atoms with Gasteiger partial charge in [0, 0.05) is 4.90 Å². The van der Waals surface area contributed by atoms with Crippen molar-refractivity contribution in [1.82, 2.24) is 0 Å². The predicted octanol–water partition coefficient (Wildman–Crippen LogP) is 0.407. The summed E-state index contributed by atoms with van der Waals surface area (Å²) in [4.78, 5) is 0.873. The summed E-state index contributed by atoms with van der Waals surface area (Å²) >= 11 is 1.36. The molecule has 0 bridgehead atoms. The Bertz CT molecular complexity index is 378. The van der Waals surface area contributed by atoms with Gasteiger partial charge in [0.05, 0.1) is 4.90 Å². The van der Waals surface area contributed by atoms with Crippen LogP contribution in [0.4, 0.5) is 0 Å². The maximum absolute atomic E-state index is 11.0. The van der Waals surface area contributed by atoms with Gasteiger partial charge in [-0.1, -0.05) is 12.1 Å². The molecule has 0 amide bonds. The van der Waals surface area contributed by atoms with E-state index in [0.29, 0.717) is 4.90 Å². The van der Waals surface area contributed by atoms with Gasteiger partial charge in [-0.2, -0.15) is 0 Å². The summed E-state index contributed by atoms with van der Waals surface area (Å²) in [6, 6.07) is 6.66. The first kappa shape index (κ1) is 14.1. The van der Waals surface area contributed by atoms with Crippen LogP contribution in [0.1, 0.15) is 0 Å². The van der Waals surface area contributed by atoms with Gasteiger partial charge >= 0.3 is 51.4 Å². The van der Waals surface area contributed by atoms with E-state index in [1.54, 1.807) is 18.2 Å². The summed E-state index contributed by atoms with van der Waals surface area (Å²) in [5.41, 5.74) is 0. The molecule has 0 heterocycles. The quantitative estimate of drug-likeness (QED) is 0.604. The molecular weight excluding hydrogens is 233 g/mol. The van der Waals surface area contributed by atoms with E-state index in [4.69, 9.17) is 5.14 Å². The second kappa shape index (κ2) is 5.87. The molecule has 0 atom stereocenters. The van der Waals surface area contributed by atoms with Crippen molar-refractivity contribution in [1.29, 1.82) is 0 Å². The number of hydrogen-bond donors (Lipinski definition) is 1. The molecule has 0 fully saturated rings. The zero-order valence-electron chi connectivity index (χ0n) is 6.52. The molecule has 0 aliphatic heterocycles. The Balaban J connectivity index is 0.00000144. The number of benzene rings is 1. The minimum atomic E-state index is -3.57. The van der Waals surface area contributed by atoms with Gasteiger partial charge < -0.3 is 0 Å². The maximum atomic E-state index is 11.0. The molecule has 0 unspecified atom stereocenters. The molecule has 0 aromatic heterocycles. The van der Waals surface area contributed by atoms with Gasteiger partial charge in [0.15, 0.2) is 0 Å². The Hall–Kier alpha value is 1.12. The van der Waals surface area contributed by atoms with Crippen LogP contribution < -0.4 is 5.14 Å². The summed E-state index contributed by atoms with van der Waals surface area (Å²) in [5, 5.41) is 4.99. The topological polar surface area (TPSA) is 60.2 Å². The Labute approximate surface area is 125 Å². The number of nitrogens with two attached hydrogens (primary N) is 1. The van der Waals surface area contributed by atoms with Crippen LogP contribution in [0.5, 0.6) is 0 Å². The van der Waals surface area contributed by atoms with Crippen molar-refractivity contribution < 1.29 is 8.42 Å². The van der Waals surface area contributed by atoms with E-state index in [1.807, 2.05) is 6.26 Å². The van der Waals surface area contributed by atoms with Crippen molar-refractivity contribution in [2.45, 2.75) is 9.79 Å². The Morgan fingerprint density at radius 2 is 1.85 bits per heavy atom. The third kappa shape index (κ3) is 4.01. The van der Waals surface area contributed by atoms with Crippen LogP contribution in [0.3, 0.4) is 0 Å². The van der Waals surface area contributed by atoms with Crippen LogP contribution in [0.25, 0.3) is 0 Å². The minimum absolute atomic E-state index is 0. The van der Waals surface area contributed by atoms with Crippen molar-refractivity contribution in [2.24, 2.45) is 5.14 Å². The molecule has 2 N–H and O–H groups in total. The van der Waals surface area contributed by atoms with Crippen LogP contribution in [0.2, 0.25) is 0 Å². The van der Waals surface area contributed by atoms with Crippen molar-refractivity contribution in [3.05, 3.63) is 24.3 Å². The summed E-state index contributed by atoms with van der Waals surface area (Å²) in [7, 11) is -3.57. The van der Waals surface area contributed by atoms with E-state index in [1.165, 1.54) is 17.8 Å². The van der Waals surface area contributed by atoms with E-state index in [2.05, 4.69) is 0 Å². The van der Waals surface area contributed by atoms with Gasteiger partial charge in [-0.15, -0.1) is 11.8 Å². The fourth-order valence-corrected chi connectivity index (χ4v) is 2.55. The zero-order chi connectivity index (χ0) is 9.19. The first-order valence-electron chi connectivity index (χ1n) is 3.21. The third-order valence-electron chi connectivity index (χ3n) is 1.38. The van der Waals surface area contributed by atoms with Gasteiger partial charge in [-0.25, -0.2) is 13.6 Å². The molecule has 0 saturated heterocycles. The van der Waals surface area contributed by atoms with E-state index < -0.39 is 10.0 Å². The van der Waals surface area contributed by atoms with Gasteiger partial charge in [-0.3, -0.25) is 0 Å².